The summed E-state index contributed by atoms with van der Waals surface area (Å²) in [6, 6.07) is 7.25. The minimum atomic E-state index is -0.727. The lowest BCUT2D eigenvalue weighted by Gasteiger charge is -2.32. The molecule has 1 aromatic heterocycles. The largest absolute Gasteiger partial charge is 0.480 e. The topological polar surface area (TPSA) is 86.3 Å². The number of halogens is 1. The maximum absolute atomic E-state index is 12.2. The van der Waals surface area contributed by atoms with E-state index in [1.165, 1.54) is 12.8 Å². The summed E-state index contributed by atoms with van der Waals surface area (Å²) < 4.78 is 0. The summed E-state index contributed by atoms with van der Waals surface area (Å²) in [7, 11) is 0. The fourth-order valence-corrected chi connectivity index (χ4v) is 4.61. The second-order valence-electron chi connectivity index (χ2n) is 7.22. The van der Waals surface area contributed by atoms with Gasteiger partial charge in [0.1, 0.15) is 11.9 Å². The molecule has 0 spiro atoms. The highest BCUT2D eigenvalue weighted by atomic mass is 35.5. The Morgan fingerprint density at radius 3 is 2.85 bits per heavy atom. The van der Waals surface area contributed by atoms with Gasteiger partial charge in [-0.1, -0.05) is 25.0 Å². The predicted molar refractivity (Wildman–Crippen MR) is 102 cm³/mol. The molecule has 1 saturated heterocycles. The van der Waals surface area contributed by atoms with Crippen molar-refractivity contribution in [1.29, 1.82) is 0 Å². The number of nitrogens with one attached hydrogen (secondary N) is 1. The summed E-state index contributed by atoms with van der Waals surface area (Å²) in [5, 5.41) is 10.2. The molecule has 6 nitrogen and oxygen atoms in total. The number of aromatic nitrogens is 2. The van der Waals surface area contributed by atoms with Gasteiger partial charge in [-0.15, -0.1) is 12.4 Å². The highest BCUT2D eigenvalue weighted by Crippen LogP contribution is 2.39. The van der Waals surface area contributed by atoms with E-state index >= 15 is 0 Å². The van der Waals surface area contributed by atoms with Crippen LogP contribution in [0.4, 0.5) is 0 Å². The first-order chi connectivity index (χ1) is 12.1. The van der Waals surface area contributed by atoms with Gasteiger partial charge in [-0.25, -0.2) is 4.98 Å². The zero-order valence-electron chi connectivity index (χ0n) is 14.6. The molecule has 2 heterocycles. The molecule has 140 valence electrons. The first-order valence-electron chi connectivity index (χ1n) is 9.10. The van der Waals surface area contributed by atoms with E-state index in [1.807, 2.05) is 18.2 Å². The molecule has 0 bridgehead atoms. The van der Waals surface area contributed by atoms with Gasteiger partial charge in [-0.05, 0) is 37.3 Å². The molecular formula is C19H24ClN3O3. The Morgan fingerprint density at radius 2 is 2.04 bits per heavy atom. The normalized spacial score (nSPS) is 25.6. The number of hydrogen-bond acceptors (Lipinski definition) is 4. The van der Waals surface area contributed by atoms with Crippen molar-refractivity contribution in [2.45, 2.75) is 50.6 Å². The van der Waals surface area contributed by atoms with Gasteiger partial charge in [0.2, 0.25) is 0 Å². The van der Waals surface area contributed by atoms with Crippen LogP contribution in [-0.4, -0.2) is 44.6 Å². The highest BCUT2D eigenvalue weighted by molar-refractivity contribution is 5.85. The number of H-pyrrole nitrogens is 1. The van der Waals surface area contributed by atoms with Gasteiger partial charge < -0.3 is 10.1 Å². The molecule has 1 saturated carbocycles. The third kappa shape index (κ3) is 3.48. The smallest absolute Gasteiger partial charge is 0.320 e. The summed E-state index contributed by atoms with van der Waals surface area (Å²) >= 11 is 0. The van der Waals surface area contributed by atoms with Crippen LogP contribution in [0, 0.1) is 5.92 Å². The molecule has 2 N–H and O–H groups in total. The lowest BCUT2D eigenvalue weighted by molar-refractivity contribution is -0.142. The third-order valence-corrected chi connectivity index (χ3v) is 5.78. The number of aromatic amines is 1. The molecule has 1 aromatic carbocycles. The molecule has 4 rings (SSSR count). The van der Waals surface area contributed by atoms with E-state index in [1.54, 1.807) is 6.07 Å². The van der Waals surface area contributed by atoms with Crippen molar-refractivity contribution in [2.24, 2.45) is 5.92 Å². The van der Waals surface area contributed by atoms with Crippen molar-refractivity contribution in [1.82, 2.24) is 14.9 Å². The average Bonchev–Trinajstić information content (AvgIpc) is 2.99. The minimum absolute atomic E-state index is 0. The Labute approximate surface area is 158 Å². The number of nitrogens with zero attached hydrogens (tertiary/aromatic N) is 2. The van der Waals surface area contributed by atoms with Gasteiger partial charge in [0, 0.05) is 19.0 Å². The number of benzene rings is 1. The monoisotopic (exact) mass is 377 g/mol. The summed E-state index contributed by atoms with van der Waals surface area (Å²) in [4.78, 5) is 33.4. The zero-order chi connectivity index (χ0) is 17.4. The van der Waals surface area contributed by atoms with Crippen LogP contribution in [0.5, 0.6) is 0 Å². The standard InChI is InChI=1S/C19H23N3O3.ClH/c23-18-13-6-2-3-7-14(13)20-17(21-18)9-10-22-15-8-4-1-5-12(15)11-16(22)19(24)25;/h2-3,6-7,12,15-16H,1,4-5,8-11H2,(H,24,25)(H,20,21,23);1H. The second kappa shape index (κ2) is 7.76. The summed E-state index contributed by atoms with van der Waals surface area (Å²) in [6.07, 6.45) is 5.91. The van der Waals surface area contributed by atoms with Crippen molar-refractivity contribution in [3.05, 3.63) is 40.4 Å². The Hall–Kier alpha value is -1.92. The Morgan fingerprint density at radius 1 is 1.27 bits per heavy atom. The van der Waals surface area contributed by atoms with Crippen molar-refractivity contribution in [3.8, 4) is 0 Å². The zero-order valence-corrected chi connectivity index (χ0v) is 15.4. The van der Waals surface area contributed by atoms with Gasteiger partial charge in [-0.2, -0.15) is 0 Å². The van der Waals surface area contributed by atoms with Crippen LogP contribution in [-0.2, 0) is 11.2 Å². The van der Waals surface area contributed by atoms with Crippen LogP contribution < -0.4 is 5.56 Å². The summed E-state index contributed by atoms with van der Waals surface area (Å²) in [5.41, 5.74) is 0.556. The number of fused-ring (bicyclic) bond motifs is 2. The van der Waals surface area contributed by atoms with E-state index in [0.717, 1.165) is 19.3 Å². The molecule has 7 heteroatoms. The van der Waals surface area contributed by atoms with Gasteiger partial charge in [0.05, 0.1) is 10.9 Å². The maximum Gasteiger partial charge on any atom is 0.320 e. The Bertz CT molecular complexity index is 853. The van der Waals surface area contributed by atoms with Crippen LogP contribution in [0.25, 0.3) is 10.9 Å². The minimum Gasteiger partial charge on any atom is -0.480 e. The molecular weight excluding hydrogens is 354 g/mol. The SMILES string of the molecule is Cl.O=C(O)C1CC2CCCCC2N1CCc1nc2ccccc2c(=O)[nH]1. The van der Waals surface area contributed by atoms with Crippen LogP contribution >= 0.6 is 12.4 Å². The molecule has 26 heavy (non-hydrogen) atoms. The van der Waals surface area contributed by atoms with E-state index in [-0.39, 0.29) is 18.0 Å². The van der Waals surface area contributed by atoms with Gasteiger partial charge in [0.15, 0.2) is 0 Å². The highest BCUT2D eigenvalue weighted by Gasteiger charge is 2.44. The lowest BCUT2D eigenvalue weighted by atomic mass is 9.85. The summed E-state index contributed by atoms with van der Waals surface area (Å²) in [5.74, 6) is 0.403. The Kier molecular flexibility index (Phi) is 5.63. The predicted octanol–water partition coefficient (Wildman–Crippen LogP) is 2.61. The molecule has 3 atom stereocenters. The van der Waals surface area contributed by atoms with Crippen molar-refractivity contribution in [3.63, 3.8) is 0 Å². The Balaban J connectivity index is 0.00000196. The fourth-order valence-electron chi connectivity index (χ4n) is 4.61. The number of para-hydroxylation sites is 1. The van der Waals surface area contributed by atoms with E-state index in [9.17, 15) is 14.7 Å². The van der Waals surface area contributed by atoms with Crippen molar-refractivity contribution < 1.29 is 9.90 Å². The van der Waals surface area contributed by atoms with Crippen LogP contribution in [0.15, 0.2) is 29.1 Å². The average molecular weight is 378 g/mol. The van der Waals surface area contributed by atoms with E-state index in [0.29, 0.717) is 41.7 Å². The molecule has 1 aliphatic carbocycles. The van der Waals surface area contributed by atoms with Crippen molar-refractivity contribution >= 4 is 29.3 Å². The second-order valence-corrected chi connectivity index (χ2v) is 7.22. The first-order valence-corrected chi connectivity index (χ1v) is 9.10. The molecule has 2 fully saturated rings. The third-order valence-electron chi connectivity index (χ3n) is 5.78. The van der Waals surface area contributed by atoms with Crippen LogP contribution in [0.2, 0.25) is 0 Å². The molecule has 0 radical (unpaired) electrons. The van der Waals surface area contributed by atoms with E-state index in [4.69, 9.17) is 0 Å². The van der Waals surface area contributed by atoms with E-state index < -0.39 is 12.0 Å². The molecule has 3 unspecified atom stereocenters. The summed E-state index contributed by atoms with van der Waals surface area (Å²) in [6.45, 7) is 0.624. The molecule has 0 amide bonds. The number of rotatable bonds is 4. The number of likely N-dealkylation sites (tertiary alicyclic amines) is 1. The maximum atomic E-state index is 12.2. The molecule has 2 aromatic rings. The fraction of sp³-hybridized carbons (Fsp3) is 0.526. The number of carboxylic acids is 1. The molecule has 2 aliphatic rings. The van der Waals surface area contributed by atoms with Gasteiger partial charge in [-0.3, -0.25) is 14.5 Å². The quantitative estimate of drug-likeness (QED) is 0.855. The van der Waals surface area contributed by atoms with Gasteiger partial charge >= 0.3 is 5.97 Å². The number of carbonyl (C=O) groups is 1. The molecule has 1 aliphatic heterocycles. The van der Waals surface area contributed by atoms with Crippen LogP contribution in [0.3, 0.4) is 0 Å². The lowest BCUT2D eigenvalue weighted by Crippen LogP contribution is -2.43. The number of hydrogen-bond donors (Lipinski definition) is 2. The first kappa shape index (κ1) is 18.9. The van der Waals surface area contributed by atoms with Crippen LogP contribution in [0.1, 0.15) is 37.9 Å². The number of carboxylic acid groups (broad SMARTS) is 1. The van der Waals surface area contributed by atoms with E-state index in [2.05, 4.69) is 14.9 Å². The number of aliphatic carboxylic acids is 1. The van der Waals surface area contributed by atoms with Crippen molar-refractivity contribution in [2.75, 3.05) is 6.54 Å². The van der Waals surface area contributed by atoms with Gasteiger partial charge in [0.25, 0.3) is 5.56 Å².